The van der Waals surface area contributed by atoms with Crippen LogP contribution in [0.2, 0.25) is 23.7 Å². The van der Waals surface area contributed by atoms with Crippen LogP contribution in [0.5, 0.6) is 0 Å². The molecular formula is C11H25BrSi. The molecule has 0 aromatic carbocycles. The van der Waals surface area contributed by atoms with Crippen LogP contribution >= 0.6 is 15.9 Å². The van der Waals surface area contributed by atoms with Crippen molar-refractivity contribution >= 4 is 24.0 Å². The molecule has 0 nitrogen and oxygen atoms in total. The Morgan fingerprint density at radius 2 is 1.54 bits per heavy atom. The van der Waals surface area contributed by atoms with Crippen LogP contribution in [0.4, 0.5) is 0 Å². The van der Waals surface area contributed by atoms with E-state index in [1.807, 2.05) is 0 Å². The van der Waals surface area contributed by atoms with E-state index in [2.05, 4.69) is 43.6 Å². The largest absolute Gasteiger partial charge is 0.0928 e. The molecule has 0 radical (unpaired) electrons. The zero-order chi connectivity index (χ0) is 10.3. The summed E-state index contributed by atoms with van der Waals surface area (Å²) >= 11 is 3.53. The lowest BCUT2D eigenvalue weighted by atomic mass is 10.3. The molecule has 1 atom stereocenters. The molecule has 0 saturated carbocycles. The van der Waals surface area contributed by atoms with Crippen LogP contribution in [0.25, 0.3) is 0 Å². The van der Waals surface area contributed by atoms with Gasteiger partial charge in [-0.15, -0.1) is 0 Å². The molecule has 1 unspecified atom stereocenters. The van der Waals surface area contributed by atoms with Crippen LogP contribution in [0.3, 0.4) is 0 Å². The fourth-order valence-electron chi connectivity index (χ4n) is 2.48. The van der Waals surface area contributed by atoms with Gasteiger partial charge in [-0.05, 0) is 12.0 Å². The molecule has 0 bridgehead atoms. The Labute approximate surface area is 93.6 Å². The molecule has 0 aliphatic rings. The average molecular weight is 265 g/mol. The van der Waals surface area contributed by atoms with Crippen molar-refractivity contribution in [2.75, 3.05) is 5.33 Å². The zero-order valence-electron chi connectivity index (χ0n) is 9.70. The maximum absolute atomic E-state index is 3.53. The van der Waals surface area contributed by atoms with E-state index in [1.54, 1.807) is 0 Å². The maximum Gasteiger partial charge on any atom is 0.0556 e. The van der Waals surface area contributed by atoms with Gasteiger partial charge in [-0.1, -0.05) is 68.2 Å². The molecule has 0 amide bonds. The zero-order valence-corrected chi connectivity index (χ0v) is 12.3. The monoisotopic (exact) mass is 264 g/mol. The van der Waals surface area contributed by atoms with Gasteiger partial charge in [0.15, 0.2) is 0 Å². The minimum Gasteiger partial charge on any atom is -0.0928 e. The van der Waals surface area contributed by atoms with Crippen molar-refractivity contribution in [3.05, 3.63) is 0 Å². The number of alkyl halides is 1. The highest BCUT2D eigenvalue weighted by molar-refractivity contribution is 9.09. The summed E-state index contributed by atoms with van der Waals surface area (Å²) in [5.41, 5.74) is 1.02. The molecule has 13 heavy (non-hydrogen) atoms. The minimum absolute atomic E-state index is 0.879. The first-order chi connectivity index (χ1) is 6.16. The SMILES string of the molecule is CC[Si](CC)(CC)C(C)CCCBr. The van der Waals surface area contributed by atoms with E-state index in [0.29, 0.717) is 0 Å². The van der Waals surface area contributed by atoms with E-state index in [4.69, 9.17) is 0 Å². The van der Waals surface area contributed by atoms with E-state index < -0.39 is 8.07 Å². The molecule has 0 N–H and O–H groups in total. The van der Waals surface area contributed by atoms with E-state index in [0.717, 1.165) is 5.54 Å². The van der Waals surface area contributed by atoms with Crippen LogP contribution in [-0.4, -0.2) is 13.4 Å². The van der Waals surface area contributed by atoms with Crippen molar-refractivity contribution in [3.63, 3.8) is 0 Å². The molecule has 80 valence electrons. The second-order valence-corrected chi connectivity index (χ2v) is 10.8. The molecule has 0 saturated heterocycles. The predicted molar refractivity (Wildman–Crippen MR) is 69.6 cm³/mol. The normalized spacial score (nSPS) is 14.5. The summed E-state index contributed by atoms with van der Waals surface area (Å²) in [5, 5.41) is 1.18. The average Bonchev–Trinajstić information content (AvgIpc) is 2.18. The third-order valence-corrected chi connectivity index (χ3v) is 11.1. The molecule has 2 heteroatoms. The Kier molecular flexibility index (Phi) is 7.43. The summed E-state index contributed by atoms with van der Waals surface area (Å²) < 4.78 is 0. The van der Waals surface area contributed by atoms with E-state index >= 15 is 0 Å². The second kappa shape index (κ2) is 7.05. The Bertz CT molecular complexity index is 113. The van der Waals surface area contributed by atoms with Crippen molar-refractivity contribution in [1.82, 2.24) is 0 Å². The Balaban J connectivity index is 4.17. The lowest BCUT2D eigenvalue weighted by molar-refractivity contribution is 0.737. The van der Waals surface area contributed by atoms with Gasteiger partial charge >= 0.3 is 0 Å². The number of hydrogen-bond donors (Lipinski definition) is 0. The molecule has 0 aromatic heterocycles. The Morgan fingerprint density at radius 1 is 1.08 bits per heavy atom. The smallest absolute Gasteiger partial charge is 0.0556 e. The first-order valence-electron chi connectivity index (χ1n) is 5.72. The van der Waals surface area contributed by atoms with Crippen LogP contribution < -0.4 is 0 Å². The van der Waals surface area contributed by atoms with Gasteiger partial charge in [-0.2, -0.15) is 0 Å². The third kappa shape index (κ3) is 3.74. The summed E-state index contributed by atoms with van der Waals surface area (Å²) in [4.78, 5) is 0. The molecule has 0 fully saturated rings. The predicted octanol–water partition coefficient (Wildman–Crippen LogP) is 5.06. The lowest BCUT2D eigenvalue weighted by Crippen LogP contribution is -2.36. The van der Waals surface area contributed by atoms with Gasteiger partial charge in [0.25, 0.3) is 0 Å². The first-order valence-corrected chi connectivity index (χ1v) is 9.54. The lowest BCUT2D eigenvalue weighted by Gasteiger charge is -2.35. The number of rotatable bonds is 7. The first kappa shape index (κ1) is 13.7. The van der Waals surface area contributed by atoms with Crippen molar-refractivity contribution in [2.24, 2.45) is 0 Å². The Hall–Kier alpha value is 0.697. The molecule has 0 heterocycles. The van der Waals surface area contributed by atoms with Gasteiger partial charge < -0.3 is 0 Å². The number of hydrogen-bond acceptors (Lipinski definition) is 0. The second-order valence-electron chi connectivity index (χ2n) is 4.16. The molecule has 0 aliphatic carbocycles. The summed E-state index contributed by atoms with van der Waals surface area (Å²) in [7, 11) is -0.879. The standard InChI is InChI=1S/C11H25BrSi/c1-5-13(6-2,7-3)11(4)9-8-10-12/h11H,5-10H2,1-4H3. The molecule has 0 aromatic rings. The molecular weight excluding hydrogens is 240 g/mol. The summed E-state index contributed by atoms with van der Waals surface area (Å²) in [6.07, 6.45) is 2.79. The van der Waals surface area contributed by atoms with Crippen LogP contribution in [-0.2, 0) is 0 Å². The summed E-state index contributed by atoms with van der Waals surface area (Å²) in [5.74, 6) is 0. The van der Waals surface area contributed by atoms with Crippen molar-refractivity contribution in [2.45, 2.75) is 64.2 Å². The maximum atomic E-state index is 3.53. The van der Waals surface area contributed by atoms with Crippen molar-refractivity contribution < 1.29 is 0 Å². The van der Waals surface area contributed by atoms with E-state index in [-0.39, 0.29) is 0 Å². The van der Waals surface area contributed by atoms with Crippen LogP contribution in [0.1, 0.15) is 40.5 Å². The summed E-state index contributed by atoms with van der Waals surface area (Å²) in [6, 6.07) is 4.43. The minimum atomic E-state index is -0.879. The van der Waals surface area contributed by atoms with E-state index in [1.165, 1.54) is 36.3 Å². The molecule has 0 aliphatic heterocycles. The van der Waals surface area contributed by atoms with E-state index in [9.17, 15) is 0 Å². The third-order valence-electron chi connectivity index (χ3n) is 3.93. The van der Waals surface area contributed by atoms with Gasteiger partial charge in [-0.25, -0.2) is 0 Å². The van der Waals surface area contributed by atoms with Crippen molar-refractivity contribution in [3.8, 4) is 0 Å². The molecule has 0 rings (SSSR count). The van der Waals surface area contributed by atoms with Gasteiger partial charge in [-0.3, -0.25) is 0 Å². The van der Waals surface area contributed by atoms with Crippen LogP contribution in [0, 0.1) is 0 Å². The highest BCUT2D eigenvalue weighted by Crippen LogP contribution is 2.36. The number of halogens is 1. The Morgan fingerprint density at radius 3 is 1.85 bits per heavy atom. The van der Waals surface area contributed by atoms with Gasteiger partial charge in [0, 0.05) is 5.33 Å². The highest BCUT2D eigenvalue weighted by Gasteiger charge is 2.32. The highest BCUT2D eigenvalue weighted by atomic mass is 79.9. The van der Waals surface area contributed by atoms with Crippen LogP contribution in [0.15, 0.2) is 0 Å². The van der Waals surface area contributed by atoms with Crippen molar-refractivity contribution in [1.29, 1.82) is 0 Å². The van der Waals surface area contributed by atoms with Gasteiger partial charge in [0.1, 0.15) is 0 Å². The topological polar surface area (TPSA) is 0 Å². The fraction of sp³-hybridized carbons (Fsp3) is 1.00. The fourth-order valence-corrected chi connectivity index (χ4v) is 7.22. The van der Waals surface area contributed by atoms with Gasteiger partial charge in [0.05, 0.1) is 8.07 Å². The molecule has 0 spiro atoms. The quantitative estimate of drug-likeness (QED) is 0.446. The summed E-state index contributed by atoms with van der Waals surface area (Å²) in [6.45, 7) is 9.71. The van der Waals surface area contributed by atoms with Gasteiger partial charge in [0.2, 0.25) is 0 Å².